The molecule has 0 amide bonds. The number of hydrogen-bond acceptors (Lipinski definition) is 3. The maximum absolute atomic E-state index is 10.7. The molecule has 0 rings (SSSR count). The third kappa shape index (κ3) is 8.06. The van der Waals surface area contributed by atoms with Crippen molar-refractivity contribution in [3.05, 3.63) is 37.0 Å². The predicted octanol–water partition coefficient (Wildman–Crippen LogP) is 0.913. The van der Waals surface area contributed by atoms with E-state index in [1.54, 1.807) is 0 Å². The molecule has 0 atom stereocenters. The minimum absolute atomic E-state index is 0.145. The molecule has 4 nitrogen and oxygen atoms in total. The lowest BCUT2D eigenvalue weighted by molar-refractivity contribution is -0.136. The number of rotatable bonds is 5. The van der Waals surface area contributed by atoms with Crippen LogP contribution in [0.4, 0.5) is 0 Å². The van der Waals surface area contributed by atoms with E-state index in [-0.39, 0.29) is 6.61 Å². The first-order valence-corrected chi connectivity index (χ1v) is 3.52. The summed E-state index contributed by atoms with van der Waals surface area (Å²) in [5.74, 6) is -1.60. The quantitative estimate of drug-likeness (QED) is 0.297. The fourth-order valence-electron chi connectivity index (χ4n) is 0.461. The van der Waals surface area contributed by atoms with E-state index >= 15 is 0 Å². The fourth-order valence-corrected chi connectivity index (χ4v) is 0.461. The molecule has 0 spiro atoms. The Bertz CT molecular complexity index is 250. The molecule has 70 valence electrons. The maximum Gasteiger partial charge on any atom is 0.331 e. The second kappa shape index (κ2) is 6.84. The van der Waals surface area contributed by atoms with E-state index in [0.29, 0.717) is 0 Å². The van der Waals surface area contributed by atoms with E-state index in [9.17, 15) is 9.59 Å². The molecule has 0 fully saturated rings. The Balaban J connectivity index is 3.77. The Hall–Kier alpha value is -1.84. The average molecular weight is 182 g/mol. The Kier molecular flexibility index (Phi) is 5.88. The van der Waals surface area contributed by atoms with Gasteiger partial charge in [-0.25, -0.2) is 9.59 Å². The SMILES string of the molecule is C=CCOC(=O)C=CC=CC(=O)O. The number of hydrogen-bond donors (Lipinski definition) is 1. The summed E-state index contributed by atoms with van der Waals surface area (Å²) in [6, 6.07) is 0. The van der Waals surface area contributed by atoms with Gasteiger partial charge in [0.1, 0.15) is 6.61 Å². The van der Waals surface area contributed by atoms with Gasteiger partial charge in [0.2, 0.25) is 0 Å². The first-order valence-electron chi connectivity index (χ1n) is 3.52. The largest absolute Gasteiger partial charge is 0.478 e. The smallest absolute Gasteiger partial charge is 0.331 e. The number of aliphatic carboxylic acids is 1. The van der Waals surface area contributed by atoms with Crippen LogP contribution >= 0.6 is 0 Å². The molecule has 0 saturated heterocycles. The van der Waals surface area contributed by atoms with Gasteiger partial charge < -0.3 is 9.84 Å². The number of carboxylic acids is 1. The third-order valence-corrected chi connectivity index (χ3v) is 0.926. The molecule has 4 heteroatoms. The first-order chi connectivity index (χ1) is 6.16. The highest BCUT2D eigenvalue weighted by Gasteiger charge is 1.91. The van der Waals surface area contributed by atoms with Gasteiger partial charge in [-0.15, -0.1) is 0 Å². The first kappa shape index (κ1) is 11.2. The lowest BCUT2D eigenvalue weighted by Crippen LogP contribution is -1.99. The van der Waals surface area contributed by atoms with Gasteiger partial charge in [-0.05, 0) is 0 Å². The van der Waals surface area contributed by atoms with Gasteiger partial charge in [0.25, 0.3) is 0 Å². The van der Waals surface area contributed by atoms with Gasteiger partial charge in [-0.1, -0.05) is 24.8 Å². The van der Waals surface area contributed by atoms with Crippen molar-refractivity contribution in [2.45, 2.75) is 0 Å². The van der Waals surface area contributed by atoms with Crippen molar-refractivity contribution in [3.63, 3.8) is 0 Å². The van der Waals surface area contributed by atoms with Crippen LogP contribution in [0.3, 0.4) is 0 Å². The second-order valence-electron chi connectivity index (χ2n) is 1.98. The number of carboxylic acid groups (broad SMARTS) is 1. The Labute approximate surface area is 75.8 Å². The number of carbonyl (C=O) groups excluding carboxylic acids is 1. The third-order valence-electron chi connectivity index (χ3n) is 0.926. The molecule has 0 bridgehead atoms. The van der Waals surface area contributed by atoms with Crippen LogP contribution in [-0.2, 0) is 14.3 Å². The predicted molar refractivity (Wildman–Crippen MR) is 47.1 cm³/mol. The number of ether oxygens (including phenoxy) is 1. The molecule has 1 N–H and O–H groups in total. The van der Waals surface area contributed by atoms with E-state index in [0.717, 1.165) is 12.2 Å². The maximum atomic E-state index is 10.7. The Morgan fingerprint density at radius 1 is 1.31 bits per heavy atom. The molecule has 0 unspecified atom stereocenters. The summed E-state index contributed by atoms with van der Waals surface area (Å²) in [4.78, 5) is 20.7. The van der Waals surface area contributed by atoms with Crippen molar-refractivity contribution in [2.24, 2.45) is 0 Å². The number of carbonyl (C=O) groups is 2. The van der Waals surface area contributed by atoms with Crippen LogP contribution in [0.1, 0.15) is 0 Å². The Morgan fingerprint density at radius 2 is 1.92 bits per heavy atom. The molecule has 13 heavy (non-hydrogen) atoms. The van der Waals surface area contributed by atoms with E-state index in [1.165, 1.54) is 18.2 Å². The highest BCUT2D eigenvalue weighted by molar-refractivity contribution is 5.83. The van der Waals surface area contributed by atoms with Gasteiger partial charge in [0.05, 0.1) is 0 Å². The highest BCUT2D eigenvalue weighted by atomic mass is 16.5. The zero-order valence-corrected chi connectivity index (χ0v) is 6.97. The van der Waals surface area contributed by atoms with Crippen molar-refractivity contribution in [1.29, 1.82) is 0 Å². The van der Waals surface area contributed by atoms with E-state index in [1.807, 2.05) is 0 Å². The molecule has 0 aliphatic heterocycles. The minimum atomic E-state index is -1.07. The Morgan fingerprint density at radius 3 is 2.46 bits per heavy atom. The van der Waals surface area contributed by atoms with Gasteiger partial charge in [-0.3, -0.25) is 0 Å². The molecule has 0 aromatic heterocycles. The molecule has 0 heterocycles. The summed E-state index contributed by atoms with van der Waals surface area (Å²) >= 11 is 0. The van der Waals surface area contributed by atoms with Gasteiger partial charge in [0.15, 0.2) is 0 Å². The monoisotopic (exact) mass is 182 g/mol. The van der Waals surface area contributed by atoms with Crippen LogP contribution in [0.25, 0.3) is 0 Å². The summed E-state index contributed by atoms with van der Waals surface area (Å²) in [6.45, 7) is 3.50. The van der Waals surface area contributed by atoms with Crippen molar-refractivity contribution in [2.75, 3.05) is 6.61 Å². The molecule has 0 aromatic carbocycles. The van der Waals surface area contributed by atoms with Gasteiger partial charge >= 0.3 is 11.9 Å². The topological polar surface area (TPSA) is 63.6 Å². The zero-order chi connectivity index (χ0) is 10.1. The minimum Gasteiger partial charge on any atom is -0.478 e. The summed E-state index contributed by atoms with van der Waals surface area (Å²) < 4.78 is 4.57. The van der Waals surface area contributed by atoms with E-state index in [2.05, 4.69) is 11.3 Å². The fraction of sp³-hybridized carbons (Fsp3) is 0.111. The zero-order valence-electron chi connectivity index (χ0n) is 6.97. The summed E-state index contributed by atoms with van der Waals surface area (Å²) in [5, 5.41) is 8.17. The lowest BCUT2D eigenvalue weighted by Gasteiger charge is -1.93. The number of allylic oxidation sites excluding steroid dienone is 2. The summed E-state index contributed by atoms with van der Waals surface area (Å²) in [7, 11) is 0. The molecule has 0 aliphatic carbocycles. The van der Waals surface area contributed by atoms with Crippen LogP contribution in [-0.4, -0.2) is 23.7 Å². The molecular weight excluding hydrogens is 172 g/mol. The van der Waals surface area contributed by atoms with Gasteiger partial charge in [0, 0.05) is 12.2 Å². The number of esters is 1. The molecule has 0 saturated carbocycles. The van der Waals surface area contributed by atoms with E-state index in [4.69, 9.17) is 5.11 Å². The molecular formula is C9H10O4. The van der Waals surface area contributed by atoms with Crippen LogP contribution in [0.2, 0.25) is 0 Å². The van der Waals surface area contributed by atoms with Crippen LogP contribution < -0.4 is 0 Å². The summed E-state index contributed by atoms with van der Waals surface area (Å²) in [6.07, 6.45) is 6.01. The lowest BCUT2D eigenvalue weighted by atomic mass is 10.4. The van der Waals surface area contributed by atoms with E-state index < -0.39 is 11.9 Å². The van der Waals surface area contributed by atoms with Crippen molar-refractivity contribution in [1.82, 2.24) is 0 Å². The second-order valence-corrected chi connectivity index (χ2v) is 1.98. The van der Waals surface area contributed by atoms with Crippen LogP contribution in [0, 0.1) is 0 Å². The van der Waals surface area contributed by atoms with Crippen molar-refractivity contribution in [3.8, 4) is 0 Å². The molecule has 0 aromatic rings. The molecule has 0 aliphatic rings. The van der Waals surface area contributed by atoms with Crippen LogP contribution in [0.15, 0.2) is 37.0 Å². The normalized spacial score (nSPS) is 10.5. The van der Waals surface area contributed by atoms with Gasteiger partial charge in [-0.2, -0.15) is 0 Å². The van der Waals surface area contributed by atoms with Crippen molar-refractivity contribution < 1.29 is 19.4 Å². The molecule has 0 radical (unpaired) electrons. The van der Waals surface area contributed by atoms with Crippen LogP contribution in [0.5, 0.6) is 0 Å². The van der Waals surface area contributed by atoms with Crippen molar-refractivity contribution >= 4 is 11.9 Å². The summed E-state index contributed by atoms with van der Waals surface area (Å²) in [5.41, 5.74) is 0. The standard InChI is InChI=1S/C9H10O4/c1-2-7-13-9(12)6-4-3-5-8(10)11/h2-6H,1,7H2,(H,10,11). The average Bonchev–Trinajstić information content (AvgIpc) is 2.08. The highest BCUT2D eigenvalue weighted by Crippen LogP contribution is 1.83.